The van der Waals surface area contributed by atoms with Gasteiger partial charge in [0.15, 0.2) is 0 Å². The van der Waals surface area contributed by atoms with Crippen LogP contribution in [0.5, 0.6) is 0 Å². The summed E-state index contributed by atoms with van der Waals surface area (Å²) in [4.78, 5) is 28.0. The van der Waals surface area contributed by atoms with Crippen LogP contribution in [-0.2, 0) is 4.79 Å². The zero-order valence-corrected chi connectivity index (χ0v) is 10.5. The minimum absolute atomic E-state index is 0.405. The first-order valence-corrected chi connectivity index (χ1v) is 5.73. The lowest BCUT2D eigenvalue weighted by molar-refractivity contribution is -0.139. The van der Waals surface area contributed by atoms with Gasteiger partial charge in [0.1, 0.15) is 6.04 Å². The third kappa shape index (κ3) is 3.73. The molecule has 1 atom stereocenters. The second-order valence-corrected chi connectivity index (χ2v) is 3.90. The van der Waals surface area contributed by atoms with Gasteiger partial charge in [-0.2, -0.15) is 0 Å². The number of hydrogen-bond acceptors (Lipinski definition) is 3. The molecule has 0 spiro atoms. The van der Waals surface area contributed by atoms with Gasteiger partial charge in [0.2, 0.25) is 0 Å². The first kappa shape index (κ1) is 14.0. The summed E-state index contributed by atoms with van der Waals surface area (Å²) < 4.78 is 0. The summed E-state index contributed by atoms with van der Waals surface area (Å²) in [5.74, 6) is -1.02. The zero-order chi connectivity index (χ0) is 13.5. The quantitative estimate of drug-likeness (QED) is 0.830. The number of pyridine rings is 1. The Labute approximate surface area is 106 Å². The predicted octanol–water partition coefficient (Wildman–Crippen LogP) is 1.48. The lowest BCUT2D eigenvalue weighted by atomic mass is 10.2. The minimum atomic E-state index is -1.02. The molecule has 0 fully saturated rings. The zero-order valence-electron chi connectivity index (χ0n) is 10.5. The average molecular weight is 251 g/mol. The minimum Gasteiger partial charge on any atom is -0.480 e. The topological polar surface area (TPSA) is 82.5 Å². The lowest BCUT2D eigenvalue weighted by Crippen LogP contribution is -2.46. The van der Waals surface area contributed by atoms with E-state index in [1.54, 1.807) is 25.4 Å². The molecule has 0 radical (unpaired) electrons. The normalized spacial score (nSPS) is 11.7. The van der Waals surface area contributed by atoms with Crippen molar-refractivity contribution in [2.75, 3.05) is 11.9 Å². The molecule has 1 rings (SSSR count). The Hall–Kier alpha value is -2.11. The predicted molar refractivity (Wildman–Crippen MR) is 67.5 cm³/mol. The molecule has 6 nitrogen and oxygen atoms in total. The van der Waals surface area contributed by atoms with Crippen LogP contribution in [0.15, 0.2) is 24.5 Å². The summed E-state index contributed by atoms with van der Waals surface area (Å²) in [7, 11) is 1.57. The van der Waals surface area contributed by atoms with Crippen LogP contribution in [0.4, 0.5) is 10.5 Å². The fourth-order valence-electron chi connectivity index (χ4n) is 1.46. The van der Waals surface area contributed by atoms with Gasteiger partial charge in [-0.1, -0.05) is 13.3 Å². The number of carboxylic acids is 1. The fraction of sp³-hybridized carbons (Fsp3) is 0.417. The number of carbonyl (C=O) groups excluding carboxylic acids is 1. The molecule has 0 aliphatic rings. The van der Waals surface area contributed by atoms with Crippen LogP contribution < -0.4 is 10.2 Å². The van der Waals surface area contributed by atoms with Crippen molar-refractivity contribution in [1.82, 2.24) is 10.3 Å². The highest BCUT2D eigenvalue weighted by Gasteiger charge is 2.21. The van der Waals surface area contributed by atoms with Crippen molar-refractivity contribution < 1.29 is 14.7 Å². The van der Waals surface area contributed by atoms with Crippen molar-refractivity contribution in [3.05, 3.63) is 24.5 Å². The van der Waals surface area contributed by atoms with Gasteiger partial charge in [-0.25, -0.2) is 9.59 Å². The second-order valence-electron chi connectivity index (χ2n) is 3.90. The molecule has 0 saturated carbocycles. The first-order chi connectivity index (χ1) is 8.56. The van der Waals surface area contributed by atoms with Crippen LogP contribution in [0.1, 0.15) is 19.8 Å². The molecular weight excluding hydrogens is 234 g/mol. The molecule has 0 aliphatic heterocycles. The molecule has 6 heteroatoms. The molecule has 98 valence electrons. The van der Waals surface area contributed by atoms with Crippen molar-refractivity contribution >= 4 is 17.7 Å². The van der Waals surface area contributed by atoms with E-state index in [2.05, 4.69) is 10.3 Å². The summed E-state index contributed by atoms with van der Waals surface area (Å²) in [5, 5.41) is 11.4. The highest BCUT2D eigenvalue weighted by molar-refractivity contribution is 5.93. The number of anilines is 1. The number of aromatic nitrogens is 1. The third-order valence-corrected chi connectivity index (χ3v) is 2.51. The van der Waals surface area contributed by atoms with Crippen LogP contribution >= 0.6 is 0 Å². The summed E-state index contributed by atoms with van der Waals surface area (Å²) in [6.45, 7) is 1.87. The van der Waals surface area contributed by atoms with E-state index in [-0.39, 0.29) is 0 Å². The molecule has 0 aromatic carbocycles. The van der Waals surface area contributed by atoms with Crippen LogP contribution in [0.2, 0.25) is 0 Å². The van der Waals surface area contributed by atoms with E-state index in [9.17, 15) is 9.59 Å². The van der Waals surface area contributed by atoms with Gasteiger partial charge < -0.3 is 10.4 Å². The SMILES string of the molecule is CCC[C@H](NC(=O)N(C)c1cccnc1)C(=O)O. The standard InChI is InChI=1S/C12H17N3O3/c1-3-5-10(11(16)17)14-12(18)15(2)9-6-4-7-13-8-9/h4,6-8,10H,3,5H2,1-2H3,(H,14,18)(H,16,17)/t10-/m0/s1. The van der Waals surface area contributed by atoms with E-state index in [1.165, 1.54) is 11.1 Å². The average Bonchev–Trinajstić information content (AvgIpc) is 2.38. The molecule has 18 heavy (non-hydrogen) atoms. The van der Waals surface area contributed by atoms with Crippen LogP contribution in [0.25, 0.3) is 0 Å². The lowest BCUT2D eigenvalue weighted by Gasteiger charge is -2.20. The number of urea groups is 1. The van der Waals surface area contributed by atoms with Gasteiger partial charge in [0.05, 0.1) is 11.9 Å². The Balaban J connectivity index is 2.67. The van der Waals surface area contributed by atoms with Crippen molar-refractivity contribution in [1.29, 1.82) is 0 Å². The number of rotatable bonds is 5. The molecule has 1 aromatic heterocycles. The highest BCUT2D eigenvalue weighted by Crippen LogP contribution is 2.09. The number of hydrogen-bond donors (Lipinski definition) is 2. The van der Waals surface area contributed by atoms with E-state index in [0.29, 0.717) is 18.5 Å². The molecule has 1 aromatic rings. The maximum absolute atomic E-state index is 11.9. The molecular formula is C12H17N3O3. The third-order valence-electron chi connectivity index (χ3n) is 2.51. The number of nitrogens with one attached hydrogen (secondary N) is 1. The second kappa shape index (κ2) is 6.58. The summed E-state index contributed by atoms with van der Waals surface area (Å²) in [6.07, 6.45) is 4.23. The van der Waals surface area contributed by atoms with Gasteiger partial charge in [0.25, 0.3) is 0 Å². The molecule has 0 aliphatic carbocycles. The highest BCUT2D eigenvalue weighted by atomic mass is 16.4. The number of amides is 2. The van der Waals surface area contributed by atoms with E-state index in [0.717, 1.165) is 0 Å². The van der Waals surface area contributed by atoms with Gasteiger partial charge in [-0.05, 0) is 18.6 Å². The monoisotopic (exact) mass is 251 g/mol. The Morgan fingerprint density at radius 3 is 2.78 bits per heavy atom. The first-order valence-electron chi connectivity index (χ1n) is 5.73. The van der Waals surface area contributed by atoms with Crippen molar-refractivity contribution in [2.24, 2.45) is 0 Å². The van der Waals surface area contributed by atoms with E-state index < -0.39 is 18.0 Å². The van der Waals surface area contributed by atoms with Crippen LogP contribution in [-0.4, -0.2) is 35.2 Å². The largest absolute Gasteiger partial charge is 0.480 e. The number of aliphatic carboxylic acids is 1. The van der Waals surface area contributed by atoms with E-state index in [1.807, 2.05) is 6.92 Å². The molecule has 2 N–H and O–H groups in total. The van der Waals surface area contributed by atoms with Gasteiger partial charge in [-0.15, -0.1) is 0 Å². The van der Waals surface area contributed by atoms with Crippen LogP contribution in [0.3, 0.4) is 0 Å². The van der Waals surface area contributed by atoms with Crippen molar-refractivity contribution in [3.63, 3.8) is 0 Å². The molecule has 0 saturated heterocycles. The Morgan fingerprint density at radius 2 is 2.28 bits per heavy atom. The van der Waals surface area contributed by atoms with E-state index in [4.69, 9.17) is 5.11 Å². The Morgan fingerprint density at radius 1 is 1.56 bits per heavy atom. The molecule has 1 heterocycles. The maximum atomic E-state index is 11.9. The molecule has 0 unspecified atom stereocenters. The van der Waals surface area contributed by atoms with Crippen molar-refractivity contribution in [3.8, 4) is 0 Å². The van der Waals surface area contributed by atoms with Gasteiger partial charge in [0, 0.05) is 13.2 Å². The number of carboxylic acid groups (broad SMARTS) is 1. The van der Waals surface area contributed by atoms with Gasteiger partial charge in [-0.3, -0.25) is 9.88 Å². The number of carbonyl (C=O) groups is 2. The Kier molecular flexibility index (Phi) is 5.10. The summed E-state index contributed by atoms with van der Waals surface area (Å²) in [5.41, 5.74) is 0.607. The van der Waals surface area contributed by atoms with Crippen LogP contribution in [0, 0.1) is 0 Å². The van der Waals surface area contributed by atoms with Crippen molar-refractivity contribution in [2.45, 2.75) is 25.8 Å². The van der Waals surface area contributed by atoms with Gasteiger partial charge >= 0.3 is 12.0 Å². The molecule has 0 bridgehead atoms. The molecule has 2 amide bonds. The number of nitrogens with zero attached hydrogens (tertiary/aromatic N) is 2. The summed E-state index contributed by atoms with van der Waals surface area (Å²) in [6, 6.07) is 2.12. The summed E-state index contributed by atoms with van der Waals surface area (Å²) >= 11 is 0. The Bertz CT molecular complexity index is 408. The van der Waals surface area contributed by atoms with E-state index >= 15 is 0 Å². The smallest absolute Gasteiger partial charge is 0.326 e. The fourth-order valence-corrected chi connectivity index (χ4v) is 1.46. The maximum Gasteiger partial charge on any atom is 0.326 e.